The fraction of sp³-hybridized carbons (Fsp3) is 0.265. The van der Waals surface area contributed by atoms with Crippen LogP contribution in [0.5, 0.6) is 5.75 Å². The molecule has 0 saturated heterocycles. The van der Waals surface area contributed by atoms with Gasteiger partial charge in [-0.05, 0) is 80.6 Å². The molecule has 0 spiro atoms. The topological polar surface area (TPSA) is 127 Å². The molecule has 2 aromatic carbocycles. The molecular weight excluding hydrogens is 625 g/mol. The van der Waals surface area contributed by atoms with E-state index in [9.17, 15) is 22.8 Å². The number of carbonyl (C=O) groups excluding carboxylic acids is 2. The number of imidazole rings is 2. The van der Waals surface area contributed by atoms with Gasteiger partial charge in [0, 0.05) is 48.2 Å². The van der Waals surface area contributed by atoms with Crippen LogP contribution in [0.1, 0.15) is 57.7 Å². The summed E-state index contributed by atoms with van der Waals surface area (Å²) in [6.45, 7) is 4.60. The highest BCUT2D eigenvalue weighted by Crippen LogP contribution is 2.33. The van der Waals surface area contributed by atoms with Crippen LogP contribution in [0.3, 0.4) is 0 Å². The molecule has 48 heavy (non-hydrogen) atoms. The Morgan fingerprint density at radius 2 is 1.85 bits per heavy atom. The fourth-order valence-corrected chi connectivity index (χ4v) is 5.14. The molecule has 11 nitrogen and oxygen atoms in total. The smallest absolute Gasteiger partial charge is 0.416 e. The lowest BCUT2D eigenvalue weighted by Gasteiger charge is -2.16. The van der Waals surface area contributed by atoms with Gasteiger partial charge in [0.2, 0.25) is 5.91 Å². The second kappa shape index (κ2) is 13.5. The van der Waals surface area contributed by atoms with E-state index in [4.69, 9.17) is 4.74 Å². The van der Waals surface area contributed by atoms with Crippen molar-refractivity contribution in [2.45, 2.75) is 39.3 Å². The number of fused-ring (bicyclic) bond motifs is 3. The Morgan fingerprint density at radius 3 is 2.65 bits per heavy atom. The second-order valence-corrected chi connectivity index (χ2v) is 11.3. The molecule has 0 saturated carbocycles. The highest BCUT2D eigenvalue weighted by Gasteiger charge is 2.32. The predicted molar refractivity (Wildman–Crippen MR) is 172 cm³/mol. The minimum absolute atomic E-state index is 0.0496. The lowest BCUT2D eigenvalue weighted by Crippen LogP contribution is -2.28. The molecule has 14 heteroatoms. The minimum Gasteiger partial charge on any atom is -0.494 e. The number of carbonyl (C=O) groups is 2. The Bertz CT molecular complexity index is 2070. The maximum absolute atomic E-state index is 13.9. The summed E-state index contributed by atoms with van der Waals surface area (Å²) in [7, 11) is 0. The highest BCUT2D eigenvalue weighted by atomic mass is 19.4. The summed E-state index contributed by atoms with van der Waals surface area (Å²) in [6, 6.07) is 10.1. The molecule has 5 aromatic rings. The van der Waals surface area contributed by atoms with Gasteiger partial charge in [-0.25, -0.2) is 14.5 Å². The Morgan fingerprint density at radius 1 is 1.02 bits per heavy atom. The Kier molecular flexibility index (Phi) is 9.02. The van der Waals surface area contributed by atoms with Gasteiger partial charge in [-0.3, -0.25) is 9.59 Å². The summed E-state index contributed by atoms with van der Waals surface area (Å²) in [4.78, 5) is 34.5. The minimum atomic E-state index is -4.65. The van der Waals surface area contributed by atoms with Crippen LogP contribution >= 0.6 is 0 Å². The first-order valence-corrected chi connectivity index (χ1v) is 15.2. The van der Waals surface area contributed by atoms with Gasteiger partial charge in [-0.15, -0.1) is 5.10 Å². The third kappa shape index (κ3) is 7.41. The van der Waals surface area contributed by atoms with E-state index < -0.39 is 17.6 Å². The van der Waals surface area contributed by atoms with Crippen molar-refractivity contribution >= 4 is 29.0 Å². The van der Waals surface area contributed by atoms with E-state index in [-0.39, 0.29) is 29.5 Å². The van der Waals surface area contributed by atoms with Crippen molar-refractivity contribution in [3.8, 4) is 23.3 Å². The number of nitrogens with zero attached hydrogens (tertiary/aromatic N) is 5. The largest absolute Gasteiger partial charge is 0.494 e. The van der Waals surface area contributed by atoms with Crippen molar-refractivity contribution in [3.63, 3.8) is 0 Å². The van der Waals surface area contributed by atoms with Gasteiger partial charge in [-0.1, -0.05) is 5.92 Å². The van der Waals surface area contributed by atoms with Crippen LogP contribution in [0.15, 0.2) is 61.2 Å². The number of aromatic nitrogens is 5. The van der Waals surface area contributed by atoms with Crippen LogP contribution in [0, 0.1) is 25.7 Å². The Hall–Kier alpha value is -5.84. The highest BCUT2D eigenvalue weighted by molar-refractivity contribution is 6.06. The molecule has 0 aliphatic carbocycles. The van der Waals surface area contributed by atoms with Crippen LogP contribution in [0.25, 0.3) is 11.3 Å². The van der Waals surface area contributed by atoms with Crippen molar-refractivity contribution in [2.75, 3.05) is 30.3 Å². The van der Waals surface area contributed by atoms with Gasteiger partial charge >= 0.3 is 6.18 Å². The molecule has 6 rings (SSSR count). The lowest BCUT2D eigenvalue weighted by molar-refractivity contribution is -0.137. The number of benzene rings is 2. The number of hydrogen-bond acceptors (Lipinski definition) is 7. The van der Waals surface area contributed by atoms with Crippen LogP contribution in [0.2, 0.25) is 0 Å². The number of amides is 2. The summed E-state index contributed by atoms with van der Waals surface area (Å²) >= 11 is 0. The maximum Gasteiger partial charge on any atom is 0.416 e. The first-order valence-electron chi connectivity index (χ1n) is 15.2. The number of aryl methyl sites for hydroxylation is 1. The first kappa shape index (κ1) is 32.1. The first-order chi connectivity index (χ1) is 23.0. The molecule has 246 valence electrons. The molecule has 4 bridgehead atoms. The van der Waals surface area contributed by atoms with Gasteiger partial charge in [0.1, 0.15) is 17.3 Å². The Labute approximate surface area is 273 Å². The molecule has 3 N–H and O–H groups in total. The lowest BCUT2D eigenvalue weighted by atomic mass is 10.0. The van der Waals surface area contributed by atoms with Gasteiger partial charge in [0.05, 0.1) is 30.4 Å². The summed E-state index contributed by atoms with van der Waals surface area (Å²) in [5, 5.41) is 13.3. The summed E-state index contributed by atoms with van der Waals surface area (Å²) in [6.07, 6.45) is 1.41. The average molecular weight is 657 g/mol. The predicted octanol–water partition coefficient (Wildman–Crippen LogP) is 5.29. The van der Waals surface area contributed by atoms with Gasteiger partial charge in [0.15, 0.2) is 5.65 Å². The van der Waals surface area contributed by atoms with Gasteiger partial charge < -0.3 is 25.3 Å². The van der Waals surface area contributed by atoms with Crippen molar-refractivity contribution in [2.24, 2.45) is 0 Å². The normalized spacial score (nSPS) is 14.1. The van der Waals surface area contributed by atoms with Gasteiger partial charge in [0.25, 0.3) is 5.91 Å². The van der Waals surface area contributed by atoms with Crippen LogP contribution in [-0.2, 0) is 11.0 Å². The number of hydrogen-bond donors (Lipinski definition) is 3. The van der Waals surface area contributed by atoms with E-state index in [2.05, 4.69) is 42.9 Å². The summed E-state index contributed by atoms with van der Waals surface area (Å²) in [5.41, 5.74) is 2.03. The third-order valence-corrected chi connectivity index (χ3v) is 7.65. The molecule has 1 aliphatic heterocycles. The standard InChI is InChI=1S/C34H31F3N8O3/c1-21-19-44(20-41-21)27-15-24(34(35,36)37)14-25(16-27)42-33(47)29-17-28-13-23(22(29)2)6-7-26-18-40-31-9-8-30(43-45(26)31)38-10-11-39-32(46)5-3-4-12-48-28/h8-9,13-20H,3-5,10-12H2,1-2H3,(H,38,43)(H,39,46)(H,42,47). The molecule has 0 radical (unpaired) electrons. The fourth-order valence-electron chi connectivity index (χ4n) is 5.14. The van der Waals surface area contributed by atoms with E-state index in [1.54, 1.807) is 49.0 Å². The van der Waals surface area contributed by atoms with E-state index in [1.807, 2.05) is 0 Å². The average Bonchev–Trinajstić information content (AvgIpc) is 3.67. The van der Waals surface area contributed by atoms with Crippen molar-refractivity contribution < 1.29 is 27.5 Å². The SMILES string of the molecule is Cc1cn(-c2cc(NC(=O)c3cc4cc(c3C)C#Cc3cnc5ccc(nn35)NCCNC(=O)CCCCO4)cc(C(F)(F)F)c2)cn1. The van der Waals surface area contributed by atoms with Crippen molar-refractivity contribution in [3.05, 3.63) is 94.8 Å². The molecule has 0 unspecified atom stereocenters. The van der Waals surface area contributed by atoms with Crippen LogP contribution in [-0.4, -0.2) is 55.7 Å². The zero-order valence-corrected chi connectivity index (χ0v) is 26.1. The second-order valence-electron chi connectivity index (χ2n) is 11.3. The quantitative estimate of drug-likeness (QED) is 0.225. The number of rotatable bonds is 3. The van der Waals surface area contributed by atoms with Crippen LogP contribution in [0.4, 0.5) is 24.7 Å². The van der Waals surface area contributed by atoms with Crippen molar-refractivity contribution in [1.29, 1.82) is 0 Å². The zero-order chi connectivity index (χ0) is 33.8. The zero-order valence-electron chi connectivity index (χ0n) is 26.1. The van der Waals surface area contributed by atoms with E-state index >= 15 is 0 Å². The number of nitrogens with one attached hydrogen (secondary N) is 3. The van der Waals surface area contributed by atoms with E-state index in [0.29, 0.717) is 72.1 Å². The molecule has 2 amide bonds. The summed E-state index contributed by atoms with van der Waals surface area (Å²) in [5.74, 6) is 6.38. The van der Waals surface area contributed by atoms with E-state index in [1.165, 1.54) is 23.0 Å². The monoisotopic (exact) mass is 656 g/mol. The molecule has 1 aliphatic rings. The third-order valence-electron chi connectivity index (χ3n) is 7.65. The maximum atomic E-state index is 13.9. The molecule has 0 atom stereocenters. The number of alkyl halides is 3. The van der Waals surface area contributed by atoms with Crippen molar-refractivity contribution in [1.82, 2.24) is 29.5 Å². The van der Waals surface area contributed by atoms with E-state index in [0.717, 1.165) is 12.1 Å². The molecule has 3 aromatic heterocycles. The Balaban J connectivity index is 1.37. The molecule has 0 fully saturated rings. The van der Waals surface area contributed by atoms with Crippen LogP contribution < -0.4 is 20.7 Å². The number of ether oxygens (including phenoxy) is 1. The molecular formula is C34H31F3N8O3. The number of anilines is 2. The number of halogens is 3. The molecule has 4 heterocycles. The summed E-state index contributed by atoms with van der Waals surface area (Å²) < 4.78 is 50.6. The van der Waals surface area contributed by atoms with Gasteiger partial charge in [-0.2, -0.15) is 13.2 Å².